The average Bonchev–Trinajstić information content (AvgIpc) is 2.98. The van der Waals surface area contributed by atoms with E-state index in [0.29, 0.717) is 17.8 Å². The minimum absolute atomic E-state index is 0.000550. The van der Waals surface area contributed by atoms with Crippen LogP contribution < -0.4 is 5.32 Å². The van der Waals surface area contributed by atoms with E-state index in [9.17, 15) is 4.79 Å². The van der Waals surface area contributed by atoms with Crippen molar-refractivity contribution in [2.75, 3.05) is 5.32 Å². The Kier molecular flexibility index (Phi) is 6.61. The van der Waals surface area contributed by atoms with Crippen molar-refractivity contribution in [2.24, 2.45) is 22.9 Å². The maximum atomic E-state index is 13.6. The van der Waals surface area contributed by atoms with Gasteiger partial charge in [-0.25, -0.2) is 9.80 Å². The number of hydrazone groups is 1. The van der Waals surface area contributed by atoms with Gasteiger partial charge >= 0.3 is 6.03 Å². The molecule has 4 aliphatic rings. The lowest BCUT2D eigenvalue weighted by molar-refractivity contribution is 0.0821. The van der Waals surface area contributed by atoms with Crippen molar-refractivity contribution in [3.8, 4) is 0 Å². The minimum Gasteiger partial charge on any atom is -0.306 e. The van der Waals surface area contributed by atoms with Crippen molar-refractivity contribution in [3.05, 3.63) is 29.8 Å². The Morgan fingerprint density at radius 3 is 1.94 bits per heavy atom. The lowest BCUT2D eigenvalue weighted by Gasteiger charge is -2.42. The van der Waals surface area contributed by atoms with E-state index in [1.807, 2.05) is 11.1 Å². The van der Waals surface area contributed by atoms with Gasteiger partial charge in [0.1, 0.15) is 0 Å². The summed E-state index contributed by atoms with van der Waals surface area (Å²) in [5, 5.41) is 10.6. The molecule has 0 radical (unpaired) electrons. The Bertz CT molecular complexity index is 767. The Morgan fingerprint density at radius 1 is 0.774 bits per heavy atom. The van der Waals surface area contributed by atoms with Crippen LogP contribution in [0.2, 0.25) is 0 Å². The van der Waals surface area contributed by atoms with E-state index in [1.165, 1.54) is 102 Å². The molecule has 1 aliphatic heterocycles. The van der Waals surface area contributed by atoms with Gasteiger partial charge in [-0.05, 0) is 56.4 Å². The maximum Gasteiger partial charge on any atom is 0.342 e. The number of rotatable bonds is 4. The normalized spacial score (nSPS) is 24.5. The number of anilines is 1. The lowest BCUT2D eigenvalue weighted by atomic mass is 9.73. The monoisotopic (exact) mass is 421 g/mol. The second kappa shape index (κ2) is 9.75. The Labute approximate surface area is 187 Å². The van der Waals surface area contributed by atoms with Gasteiger partial charge in [0.25, 0.3) is 0 Å². The zero-order valence-corrected chi connectivity index (χ0v) is 19.0. The molecule has 0 spiro atoms. The summed E-state index contributed by atoms with van der Waals surface area (Å²) in [6.45, 7) is 0. The molecule has 3 fully saturated rings. The molecular formula is C27H39N3O. The first-order chi connectivity index (χ1) is 15.3. The van der Waals surface area contributed by atoms with E-state index in [-0.39, 0.29) is 12.1 Å². The number of fused-ring (bicyclic) bond motifs is 1. The Morgan fingerprint density at radius 2 is 1.32 bits per heavy atom. The van der Waals surface area contributed by atoms with E-state index in [4.69, 9.17) is 5.10 Å². The number of benzene rings is 1. The van der Waals surface area contributed by atoms with Gasteiger partial charge in [0, 0.05) is 11.5 Å². The molecule has 3 aliphatic carbocycles. The van der Waals surface area contributed by atoms with E-state index in [2.05, 4.69) is 23.5 Å². The first-order valence-electron chi connectivity index (χ1n) is 13.1. The second-order valence-electron chi connectivity index (χ2n) is 10.4. The van der Waals surface area contributed by atoms with Crippen molar-refractivity contribution >= 4 is 17.4 Å². The van der Waals surface area contributed by atoms with E-state index >= 15 is 0 Å². The fourth-order valence-electron chi connectivity index (χ4n) is 6.82. The molecular weight excluding hydrogens is 382 g/mol. The highest BCUT2D eigenvalue weighted by atomic mass is 16.2. The highest BCUT2D eigenvalue weighted by molar-refractivity contribution is 6.10. The predicted octanol–water partition coefficient (Wildman–Crippen LogP) is 7.35. The molecule has 1 heterocycles. The summed E-state index contributed by atoms with van der Waals surface area (Å²) in [5.41, 5.74) is 3.27. The highest BCUT2D eigenvalue weighted by Gasteiger charge is 2.40. The predicted molar refractivity (Wildman–Crippen MR) is 127 cm³/mol. The fraction of sp³-hybridized carbons (Fsp3) is 0.704. The van der Waals surface area contributed by atoms with Crippen molar-refractivity contribution in [1.29, 1.82) is 0 Å². The number of nitrogens with one attached hydrogen (secondary N) is 1. The quantitative estimate of drug-likeness (QED) is 0.543. The third-order valence-electron chi connectivity index (χ3n) is 8.41. The molecule has 0 bridgehead atoms. The molecule has 0 saturated heterocycles. The molecule has 1 aromatic rings. The van der Waals surface area contributed by atoms with Crippen LogP contribution in [0.25, 0.3) is 0 Å². The zero-order chi connectivity index (χ0) is 21.0. The number of nitrogens with zero attached hydrogens (tertiary/aromatic N) is 2. The van der Waals surface area contributed by atoms with E-state index < -0.39 is 0 Å². The van der Waals surface area contributed by atoms with Crippen molar-refractivity contribution < 1.29 is 4.79 Å². The molecule has 4 heteroatoms. The van der Waals surface area contributed by atoms with Crippen LogP contribution in [0, 0.1) is 17.8 Å². The number of urea groups is 1. The third kappa shape index (κ3) is 4.54. The number of amides is 2. The number of hydrogen-bond acceptors (Lipinski definition) is 2. The van der Waals surface area contributed by atoms with E-state index in [0.717, 1.165) is 11.3 Å². The summed E-state index contributed by atoms with van der Waals surface area (Å²) in [5.74, 6) is 1.67. The summed E-state index contributed by atoms with van der Waals surface area (Å²) in [6.07, 6.45) is 19.3. The SMILES string of the molecule is O=C1Nc2ccccc2C(C2CCCCC2)=NN1C(C1CCCCC1)C1CCCCC1. The zero-order valence-electron chi connectivity index (χ0n) is 19.0. The van der Waals surface area contributed by atoms with Crippen LogP contribution in [0.5, 0.6) is 0 Å². The van der Waals surface area contributed by atoms with Gasteiger partial charge in [-0.2, -0.15) is 5.10 Å². The van der Waals surface area contributed by atoms with Gasteiger partial charge in [0.05, 0.1) is 17.4 Å². The van der Waals surface area contributed by atoms with Crippen LogP contribution in [0.4, 0.5) is 10.5 Å². The first kappa shape index (κ1) is 21.0. The molecule has 0 aromatic heterocycles. The average molecular weight is 422 g/mol. The van der Waals surface area contributed by atoms with Crippen LogP contribution in [0.3, 0.4) is 0 Å². The largest absolute Gasteiger partial charge is 0.342 e. The number of carbonyl (C=O) groups is 1. The molecule has 168 valence electrons. The Hall–Kier alpha value is -1.84. The number of hydrogen-bond donors (Lipinski definition) is 1. The molecule has 2 amide bonds. The van der Waals surface area contributed by atoms with Crippen LogP contribution in [-0.4, -0.2) is 22.8 Å². The maximum absolute atomic E-state index is 13.6. The molecule has 31 heavy (non-hydrogen) atoms. The van der Waals surface area contributed by atoms with Gasteiger partial charge < -0.3 is 5.32 Å². The molecule has 3 saturated carbocycles. The molecule has 0 unspecified atom stereocenters. The summed E-state index contributed by atoms with van der Waals surface area (Å²) < 4.78 is 0. The molecule has 1 N–H and O–H groups in total. The number of carbonyl (C=O) groups excluding carboxylic acids is 1. The van der Waals surface area contributed by atoms with Crippen molar-refractivity contribution in [2.45, 2.75) is 102 Å². The van der Waals surface area contributed by atoms with Crippen LogP contribution >= 0.6 is 0 Å². The van der Waals surface area contributed by atoms with Crippen molar-refractivity contribution in [3.63, 3.8) is 0 Å². The lowest BCUT2D eigenvalue weighted by Crippen LogP contribution is -2.48. The minimum atomic E-state index is -0.000550. The molecule has 1 aromatic carbocycles. The number of para-hydroxylation sites is 1. The summed E-state index contributed by atoms with van der Waals surface area (Å²) in [4.78, 5) is 13.6. The van der Waals surface area contributed by atoms with Crippen LogP contribution in [-0.2, 0) is 0 Å². The third-order valence-corrected chi connectivity index (χ3v) is 8.41. The van der Waals surface area contributed by atoms with Crippen LogP contribution in [0.15, 0.2) is 29.4 Å². The first-order valence-corrected chi connectivity index (χ1v) is 13.1. The fourth-order valence-corrected chi connectivity index (χ4v) is 6.82. The molecule has 5 rings (SSSR count). The van der Waals surface area contributed by atoms with Crippen LogP contribution in [0.1, 0.15) is 102 Å². The van der Waals surface area contributed by atoms with Gasteiger partial charge in [-0.15, -0.1) is 0 Å². The van der Waals surface area contributed by atoms with Gasteiger partial charge in [-0.3, -0.25) is 0 Å². The standard InChI is InChI=1S/C27H39N3O/c31-27-28-24-19-11-10-18-23(24)25(20-12-4-1-5-13-20)29-30(27)26(21-14-6-2-7-15-21)22-16-8-3-9-17-22/h10-11,18-22,26H,1-9,12-17H2,(H,28,31). The smallest absolute Gasteiger partial charge is 0.306 e. The topological polar surface area (TPSA) is 44.7 Å². The van der Waals surface area contributed by atoms with E-state index in [1.54, 1.807) is 0 Å². The summed E-state index contributed by atoms with van der Waals surface area (Å²) >= 11 is 0. The van der Waals surface area contributed by atoms with Gasteiger partial charge in [0.15, 0.2) is 0 Å². The Balaban J connectivity index is 1.54. The summed E-state index contributed by atoms with van der Waals surface area (Å²) in [6, 6.07) is 8.62. The highest BCUT2D eigenvalue weighted by Crippen LogP contribution is 2.40. The molecule has 4 nitrogen and oxygen atoms in total. The summed E-state index contributed by atoms with van der Waals surface area (Å²) in [7, 11) is 0. The van der Waals surface area contributed by atoms with Crippen molar-refractivity contribution in [1.82, 2.24) is 5.01 Å². The van der Waals surface area contributed by atoms with Gasteiger partial charge in [0.2, 0.25) is 0 Å². The molecule has 0 atom stereocenters. The van der Waals surface area contributed by atoms with Gasteiger partial charge in [-0.1, -0.05) is 76.0 Å². The second-order valence-corrected chi connectivity index (χ2v) is 10.4.